The van der Waals surface area contributed by atoms with Crippen LogP contribution >= 0.6 is 0 Å². The number of pyridine rings is 1. The molecule has 1 atom stereocenters. The van der Waals surface area contributed by atoms with Gasteiger partial charge in [0.1, 0.15) is 5.82 Å². The lowest BCUT2D eigenvalue weighted by atomic mass is 9.81. The number of alkyl halides is 3. The number of aromatic amines is 1. The van der Waals surface area contributed by atoms with Gasteiger partial charge in [-0.15, -0.1) is 0 Å². The minimum atomic E-state index is -4.59. The van der Waals surface area contributed by atoms with Crippen LogP contribution in [-0.2, 0) is 16.4 Å². The van der Waals surface area contributed by atoms with E-state index in [-0.39, 0.29) is 34.4 Å². The molecule has 6 nitrogen and oxygen atoms in total. The monoisotopic (exact) mass is 445 g/mol. The lowest BCUT2D eigenvalue weighted by Gasteiger charge is -2.38. The van der Waals surface area contributed by atoms with E-state index in [0.29, 0.717) is 25.9 Å². The highest BCUT2D eigenvalue weighted by atomic mass is 19.4. The number of piperidine rings is 1. The molecule has 0 saturated carbocycles. The number of carbonyl (C=O) groups excluding carboxylic acids is 1. The van der Waals surface area contributed by atoms with Crippen LogP contribution in [0.1, 0.15) is 55.0 Å². The third-order valence-electron chi connectivity index (χ3n) is 6.31. The van der Waals surface area contributed by atoms with Gasteiger partial charge >= 0.3 is 6.18 Å². The number of likely N-dealkylation sites (tertiary alicyclic amines) is 1. The van der Waals surface area contributed by atoms with Crippen LogP contribution in [0.5, 0.6) is 0 Å². The zero-order valence-corrected chi connectivity index (χ0v) is 18.3. The number of halogens is 3. The molecule has 0 spiro atoms. The highest BCUT2D eigenvalue weighted by molar-refractivity contribution is 5.90. The minimum absolute atomic E-state index is 0.0489. The number of aromatic nitrogens is 3. The Morgan fingerprint density at radius 1 is 1.22 bits per heavy atom. The van der Waals surface area contributed by atoms with Crippen molar-refractivity contribution in [2.45, 2.75) is 51.1 Å². The summed E-state index contributed by atoms with van der Waals surface area (Å²) in [6.07, 6.45) is -3.26. The van der Waals surface area contributed by atoms with Crippen LogP contribution < -0.4 is 5.73 Å². The molecule has 3 N–H and O–H groups in total. The van der Waals surface area contributed by atoms with Crippen LogP contribution in [0.25, 0.3) is 11.0 Å². The Balaban J connectivity index is 1.64. The van der Waals surface area contributed by atoms with Gasteiger partial charge in [-0.3, -0.25) is 9.89 Å². The summed E-state index contributed by atoms with van der Waals surface area (Å²) in [5.74, 6) is -0.524. The van der Waals surface area contributed by atoms with Gasteiger partial charge in [-0.25, -0.2) is 4.98 Å². The number of amides is 1. The zero-order chi connectivity index (χ0) is 23.3. The normalized spacial score (nSPS) is 17.7. The first-order valence-electron chi connectivity index (χ1n) is 10.6. The summed E-state index contributed by atoms with van der Waals surface area (Å²) < 4.78 is 41.1. The van der Waals surface area contributed by atoms with Crippen LogP contribution in [0.4, 0.5) is 19.0 Å². The number of hydrogen-bond donors (Lipinski definition) is 2. The van der Waals surface area contributed by atoms with Crippen LogP contribution in [0, 0.1) is 6.92 Å². The van der Waals surface area contributed by atoms with Crippen LogP contribution in [-0.4, -0.2) is 39.1 Å². The average molecular weight is 445 g/mol. The molecule has 1 fully saturated rings. The molecule has 1 aliphatic rings. The van der Waals surface area contributed by atoms with E-state index in [1.165, 1.54) is 0 Å². The Morgan fingerprint density at radius 3 is 2.56 bits per heavy atom. The van der Waals surface area contributed by atoms with Crippen LogP contribution in [0.2, 0.25) is 0 Å². The summed E-state index contributed by atoms with van der Waals surface area (Å²) in [6, 6.07) is 8.88. The van der Waals surface area contributed by atoms with E-state index >= 15 is 0 Å². The molecule has 3 aromatic rings. The molecule has 1 aliphatic heterocycles. The molecule has 0 bridgehead atoms. The number of nitrogens with zero attached hydrogens (tertiary/aromatic N) is 3. The third kappa shape index (κ3) is 3.91. The highest BCUT2D eigenvalue weighted by Gasteiger charge is 2.39. The first-order chi connectivity index (χ1) is 15.0. The molecular formula is C23H26F3N5O. The van der Waals surface area contributed by atoms with Crippen molar-refractivity contribution >= 4 is 22.8 Å². The average Bonchev–Trinajstić information content (AvgIpc) is 3.13. The maximum atomic E-state index is 13.7. The molecule has 4 rings (SSSR count). The second-order valence-electron chi connectivity index (χ2n) is 9.01. The Morgan fingerprint density at radius 2 is 1.91 bits per heavy atom. The van der Waals surface area contributed by atoms with Gasteiger partial charge in [-0.2, -0.15) is 18.3 Å². The number of fused-ring (bicyclic) bond motifs is 1. The fraction of sp³-hybridized carbons (Fsp3) is 0.435. The number of benzene rings is 1. The van der Waals surface area contributed by atoms with E-state index in [0.717, 1.165) is 17.2 Å². The number of H-pyrrole nitrogens is 1. The number of nitrogen functional groups attached to an aromatic ring is 1. The van der Waals surface area contributed by atoms with Gasteiger partial charge in [0.05, 0.1) is 16.4 Å². The number of hydrogen-bond acceptors (Lipinski definition) is 4. The molecule has 170 valence electrons. The number of nitrogens with one attached hydrogen (secondary N) is 1. The maximum Gasteiger partial charge on any atom is 0.417 e. The quantitative estimate of drug-likeness (QED) is 0.619. The maximum absolute atomic E-state index is 13.7. The lowest BCUT2D eigenvalue weighted by molar-refractivity contribution is -0.138. The highest BCUT2D eigenvalue weighted by Crippen LogP contribution is 2.39. The van der Waals surface area contributed by atoms with Crippen molar-refractivity contribution in [2.24, 2.45) is 0 Å². The summed E-state index contributed by atoms with van der Waals surface area (Å²) in [4.78, 5) is 19.5. The van der Waals surface area contributed by atoms with Gasteiger partial charge in [0.15, 0.2) is 5.65 Å². The minimum Gasteiger partial charge on any atom is -0.383 e. The number of nitrogens with two attached hydrogens (primary N) is 1. The van der Waals surface area contributed by atoms with E-state index in [4.69, 9.17) is 5.73 Å². The number of carbonyl (C=O) groups is 1. The van der Waals surface area contributed by atoms with Crippen molar-refractivity contribution in [1.29, 1.82) is 0 Å². The summed E-state index contributed by atoms with van der Waals surface area (Å²) in [5.41, 5.74) is 6.29. The summed E-state index contributed by atoms with van der Waals surface area (Å²) in [5, 5.41) is 6.02. The summed E-state index contributed by atoms with van der Waals surface area (Å²) >= 11 is 0. The van der Waals surface area contributed by atoms with E-state index in [9.17, 15) is 18.0 Å². The van der Waals surface area contributed by atoms with Crippen LogP contribution in [0.15, 0.2) is 30.3 Å². The molecule has 0 aliphatic carbocycles. The van der Waals surface area contributed by atoms with Crippen LogP contribution in [0.3, 0.4) is 0 Å². The third-order valence-corrected chi connectivity index (χ3v) is 6.31. The summed E-state index contributed by atoms with van der Waals surface area (Å²) in [7, 11) is 0. The first-order valence-corrected chi connectivity index (χ1v) is 10.6. The van der Waals surface area contributed by atoms with Crippen molar-refractivity contribution < 1.29 is 18.0 Å². The van der Waals surface area contributed by atoms with E-state index < -0.39 is 17.2 Å². The number of anilines is 1. The fourth-order valence-corrected chi connectivity index (χ4v) is 4.39. The second kappa shape index (κ2) is 7.79. The van der Waals surface area contributed by atoms with E-state index in [1.807, 2.05) is 45.0 Å². The van der Waals surface area contributed by atoms with Gasteiger partial charge in [0, 0.05) is 24.7 Å². The van der Waals surface area contributed by atoms with Gasteiger partial charge in [0.2, 0.25) is 5.91 Å². The number of rotatable bonds is 3. The molecule has 1 saturated heterocycles. The first kappa shape index (κ1) is 22.1. The predicted octanol–water partition coefficient (Wildman–Crippen LogP) is 4.55. The fourth-order valence-electron chi connectivity index (χ4n) is 4.39. The van der Waals surface area contributed by atoms with E-state index in [2.05, 4.69) is 15.2 Å². The van der Waals surface area contributed by atoms with Gasteiger partial charge in [0.25, 0.3) is 0 Å². The lowest BCUT2D eigenvalue weighted by Crippen LogP contribution is -2.47. The van der Waals surface area contributed by atoms with Gasteiger partial charge in [-0.05, 0) is 45.2 Å². The second-order valence-corrected chi connectivity index (χ2v) is 9.01. The van der Waals surface area contributed by atoms with Crippen molar-refractivity contribution in [1.82, 2.24) is 20.1 Å². The molecule has 32 heavy (non-hydrogen) atoms. The van der Waals surface area contributed by atoms with E-state index in [1.54, 1.807) is 4.90 Å². The smallest absolute Gasteiger partial charge is 0.383 e. The topological polar surface area (TPSA) is 87.9 Å². The molecule has 1 aromatic carbocycles. The standard InChI is InChI=1S/C23H26F3N5O/c1-13-6-8-15(9-7-13)22(2,3)21(32)31-10-4-5-14(12-31)17-11-16(23(24,25)26)18-19(27)29-30-20(18)28-17/h6-9,11,14H,4-5,10,12H2,1-3H3,(H3,27,28,29,30)/t14-/m1/s1. The molecule has 2 aromatic heterocycles. The molecule has 0 radical (unpaired) electrons. The Hall–Kier alpha value is -3.10. The largest absolute Gasteiger partial charge is 0.417 e. The van der Waals surface area contributed by atoms with Crippen molar-refractivity contribution in [3.05, 3.63) is 52.7 Å². The molecular weight excluding hydrogens is 419 g/mol. The van der Waals surface area contributed by atoms with Crippen molar-refractivity contribution in [2.75, 3.05) is 18.8 Å². The predicted molar refractivity (Wildman–Crippen MR) is 116 cm³/mol. The summed E-state index contributed by atoms with van der Waals surface area (Å²) in [6.45, 7) is 6.61. The van der Waals surface area contributed by atoms with Gasteiger partial charge in [-0.1, -0.05) is 29.8 Å². The zero-order valence-electron chi connectivity index (χ0n) is 18.3. The van der Waals surface area contributed by atoms with Crippen molar-refractivity contribution in [3.63, 3.8) is 0 Å². The molecule has 3 heterocycles. The molecule has 9 heteroatoms. The molecule has 1 amide bonds. The van der Waals surface area contributed by atoms with Gasteiger partial charge < -0.3 is 10.6 Å². The Labute approximate surface area is 184 Å². The Bertz CT molecular complexity index is 1150. The van der Waals surface area contributed by atoms with Crippen molar-refractivity contribution in [3.8, 4) is 0 Å². The molecule has 0 unspecified atom stereocenters. The SMILES string of the molecule is Cc1ccc(C(C)(C)C(=O)N2CCC[C@@H](c3cc(C(F)(F)F)c4c(N)[nH]nc4n3)C2)cc1. The Kier molecular flexibility index (Phi) is 5.38. The number of aryl methyl sites for hydroxylation is 1.